The van der Waals surface area contributed by atoms with Crippen LogP contribution in [0.3, 0.4) is 0 Å². The molecule has 1 atom stereocenters. The van der Waals surface area contributed by atoms with Crippen LogP contribution in [-0.2, 0) is 0 Å². The monoisotopic (exact) mass is 310 g/mol. The molecule has 2 aliphatic rings. The molecule has 0 radical (unpaired) electrons. The third-order valence-electron chi connectivity index (χ3n) is 4.35. The molecule has 1 amide bonds. The second-order valence-electron chi connectivity index (χ2n) is 5.77. The third-order valence-corrected chi connectivity index (χ3v) is 4.35. The Morgan fingerprint density at radius 3 is 2.83 bits per heavy atom. The van der Waals surface area contributed by atoms with Crippen LogP contribution in [0.4, 0.5) is 0 Å². The maximum absolute atomic E-state index is 12.7. The van der Waals surface area contributed by atoms with Crippen LogP contribution in [0.1, 0.15) is 34.9 Å². The fourth-order valence-electron chi connectivity index (χ4n) is 3.26. The number of benzene rings is 1. The Bertz CT molecular complexity index is 717. The Hall–Kier alpha value is -2.56. The van der Waals surface area contributed by atoms with Gasteiger partial charge in [0.05, 0.1) is 6.04 Å². The van der Waals surface area contributed by atoms with Crippen LogP contribution in [-0.4, -0.2) is 35.5 Å². The first-order valence-corrected chi connectivity index (χ1v) is 7.94. The lowest BCUT2D eigenvalue weighted by molar-refractivity contribution is 0.0729. The van der Waals surface area contributed by atoms with E-state index < -0.39 is 0 Å². The molecule has 5 nitrogen and oxygen atoms in total. The van der Waals surface area contributed by atoms with Crippen LogP contribution in [0.25, 0.3) is 0 Å². The first-order chi connectivity index (χ1) is 11.3. The van der Waals surface area contributed by atoms with Crippen molar-refractivity contribution < 1.29 is 14.3 Å². The summed E-state index contributed by atoms with van der Waals surface area (Å²) >= 11 is 0. The number of pyridine rings is 1. The largest absolute Gasteiger partial charge is 0.486 e. The van der Waals surface area contributed by atoms with Crippen LogP contribution >= 0.6 is 0 Å². The molecule has 23 heavy (non-hydrogen) atoms. The quantitative estimate of drug-likeness (QED) is 0.856. The Labute approximate surface area is 134 Å². The number of hydrogen-bond acceptors (Lipinski definition) is 4. The summed E-state index contributed by atoms with van der Waals surface area (Å²) in [7, 11) is 0. The zero-order valence-electron chi connectivity index (χ0n) is 12.8. The van der Waals surface area contributed by atoms with Crippen molar-refractivity contribution in [3.05, 3.63) is 53.9 Å². The number of nitrogens with zero attached hydrogens (tertiary/aromatic N) is 2. The molecule has 118 valence electrons. The van der Waals surface area contributed by atoms with Gasteiger partial charge in [-0.2, -0.15) is 0 Å². The van der Waals surface area contributed by atoms with E-state index in [-0.39, 0.29) is 11.9 Å². The normalized spacial score (nSPS) is 19.7. The fourth-order valence-corrected chi connectivity index (χ4v) is 3.26. The van der Waals surface area contributed by atoms with Crippen molar-refractivity contribution in [2.45, 2.75) is 18.9 Å². The number of ether oxygens (including phenoxy) is 2. The van der Waals surface area contributed by atoms with E-state index in [1.165, 1.54) is 0 Å². The maximum atomic E-state index is 12.7. The number of carbonyl (C=O) groups excluding carboxylic acids is 1. The summed E-state index contributed by atoms with van der Waals surface area (Å²) in [5, 5.41) is 0. The van der Waals surface area contributed by atoms with E-state index in [4.69, 9.17) is 9.47 Å². The highest BCUT2D eigenvalue weighted by Gasteiger charge is 2.31. The Kier molecular flexibility index (Phi) is 3.61. The Morgan fingerprint density at radius 1 is 1.13 bits per heavy atom. The van der Waals surface area contributed by atoms with Crippen molar-refractivity contribution in [2.24, 2.45) is 0 Å². The van der Waals surface area contributed by atoms with Crippen molar-refractivity contribution in [2.75, 3.05) is 19.8 Å². The van der Waals surface area contributed by atoms with Gasteiger partial charge in [0, 0.05) is 12.7 Å². The molecule has 2 aromatic rings. The first-order valence-electron chi connectivity index (χ1n) is 7.94. The number of likely N-dealkylation sites (tertiary alicyclic amines) is 1. The number of rotatable bonds is 2. The van der Waals surface area contributed by atoms with Gasteiger partial charge in [0.25, 0.3) is 5.91 Å². The van der Waals surface area contributed by atoms with Gasteiger partial charge in [-0.25, -0.2) is 0 Å². The van der Waals surface area contributed by atoms with Crippen molar-refractivity contribution in [1.29, 1.82) is 0 Å². The summed E-state index contributed by atoms with van der Waals surface area (Å²) in [6.45, 7) is 1.91. The zero-order valence-corrected chi connectivity index (χ0v) is 12.8. The molecule has 0 spiro atoms. The number of aromatic nitrogens is 1. The van der Waals surface area contributed by atoms with E-state index in [0.717, 1.165) is 36.4 Å². The topological polar surface area (TPSA) is 51.7 Å². The molecule has 0 bridgehead atoms. The van der Waals surface area contributed by atoms with Crippen molar-refractivity contribution in [1.82, 2.24) is 9.88 Å². The molecule has 1 saturated heterocycles. The average molecular weight is 310 g/mol. The van der Waals surface area contributed by atoms with Gasteiger partial charge in [-0.05, 0) is 42.7 Å². The van der Waals surface area contributed by atoms with Gasteiger partial charge >= 0.3 is 0 Å². The van der Waals surface area contributed by atoms with Crippen LogP contribution in [0.15, 0.2) is 42.6 Å². The molecule has 1 unspecified atom stereocenters. The third kappa shape index (κ3) is 2.63. The molecule has 0 saturated carbocycles. The molecule has 2 aliphatic heterocycles. The lowest BCUT2D eigenvalue weighted by Gasteiger charge is -2.26. The molecule has 5 heteroatoms. The lowest BCUT2D eigenvalue weighted by atomic mass is 10.0. The summed E-state index contributed by atoms with van der Waals surface area (Å²) in [6, 6.07) is 11.5. The second kappa shape index (κ2) is 5.91. The van der Waals surface area contributed by atoms with Gasteiger partial charge in [0.15, 0.2) is 11.5 Å². The Balaban J connectivity index is 1.62. The minimum atomic E-state index is -0.0111. The molecule has 0 aliphatic carbocycles. The summed E-state index contributed by atoms with van der Waals surface area (Å²) in [4.78, 5) is 18.8. The van der Waals surface area contributed by atoms with Crippen molar-refractivity contribution in [3.8, 4) is 11.5 Å². The van der Waals surface area contributed by atoms with E-state index in [0.29, 0.717) is 18.9 Å². The fraction of sp³-hybridized carbons (Fsp3) is 0.333. The minimum absolute atomic E-state index is 0.0111. The summed E-state index contributed by atoms with van der Waals surface area (Å²) in [5.41, 5.74) is 1.59. The zero-order chi connectivity index (χ0) is 15.6. The predicted molar refractivity (Wildman–Crippen MR) is 84.7 cm³/mol. The first kappa shape index (κ1) is 14.1. The van der Waals surface area contributed by atoms with Crippen molar-refractivity contribution in [3.63, 3.8) is 0 Å². The van der Waals surface area contributed by atoms with Gasteiger partial charge in [-0.3, -0.25) is 9.78 Å². The summed E-state index contributed by atoms with van der Waals surface area (Å²) in [6.07, 6.45) is 3.61. The molecular weight excluding hydrogens is 292 g/mol. The van der Waals surface area contributed by atoms with E-state index in [2.05, 4.69) is 4.98 Å². The molecule has 0 N–H and O–H groups in total. The molecule has 4 rings (SSSR count). The van der Waals surface area contributed by atoms with Gasteiger partial charge in [-0.1, -0.05) is 12.1 Å². The highest BCUT2D eigenvalue weighted by Crippen LogP contribution is 2.38. The summed E-state index contributed by atoms with van der Waals surface area (Å²) < 4.78 is 11.2. The van der Waals surface area contributed by atoms with Gasteiger partial charge in [0.1, 0.15) is 18.9 Å². The Morgan fingerprint density at radius 2 is 2.00 bits per heavy atom. The highest BCUT2D eigenvalue weighted by molar-refractivity contribution is 5.92. The molecule has 3 heterocycles. The highest BCUT2D eigenvalue weighted by atomic mass is 16.6. The maximum Gasteiger partial charge on any atom is 0.272 e. The van der Waals surface area contributed by atoms with E-state index in [1.807, 2.05) is 35.2 Å². The number of amides is 1. The van der Waals surface area contributed by atoms with Gasteiger partial charge < -0.3 is 14.4 Å². The molecule has 1 aromatic heterocycles. The van der Waals surface area contributed by atoms with E-state index >= 15 is 0 Å². The van der Waals surface area contributed by atoms with Gasteiger partial charge in [0.2, 0.25) is 0 Å². The SMILES string of the molecule is O=C(c1ccccn1)N1CCCC1c1ccc2c(c1)OCCO2. The molecule has 1 aromatic carbocycles. The number of fused-ring (bicyclic) bond motifs is 1. The van der Waals surface area contributed by atoms with Crippen molar-refractivity contribution >= 4 is 5.91 Å². The standard InChI is InChI=1S/C18H18N2O3/c21-18(14-4-1-2-8-19-14)20-9-3-5-15(20)13-6-7-16-17(12-13)23-11-10-22-16/h1-2,4,6-8,12,15H,3,5,9-11H2. The molecular formula is C18H18N2O3. The van der Waals surface area contributed by atoms with E-state index in [1.54, 1.807) is 12.3 Å². The van der Waals surface area contributed by atoms with Crippen LogP contribution < -0.4 is 9.47 Å². The second-order valence-corrected chi connectivity index (χ2v) is 5.77. The van der Waals surface area contributed by atoms with Crippen LogP contribution in [0.2, 0.25) is 0 Å². The minimum Gasteiger partial charge on any atom is -0.486 e. The lowest BCUT2D eigenvalue weighted by Crippen LogP contribution is -2.31. The molecule has 1 fully saturated rings. The van der Waals surface area contributed by atoms with Crippen LogP contribution in [0, 0.1) is 0 Å². The number of hydrogen-bond donors (Lipinski definition) is 0. The number of carbonyl (C=O) groups is 1. The smallest absolute Gasteiger partial charge is 0.272 e. The van der Waals surface area contributed by atoms with E-state index in [9.17, 15) is 4.79 Å². The predicted octanol–water partition coefficient (Wildman–Crippen LogP) is 2.83. The van der Waals surface area contributed by atoms with Gasteiger partial charge in [-0.15, -0.1) is 0 Å². The average Bonchev–Trinajstić information content (AvgIpc) is 3.11. The van der Waals surface area contributed by atoms with Crippen LogP contribution in [0.5, 0.6) is 11.5 Å². The summed E-state index contributed by atoms with van der Waals surface area (Å²) in [5.74, 6) is 1.54.